The fourth-order valence-corrected chi connectivity index (χ4v) is 3.28. The molecule has 2 atom stereocenters. The average molecular weight is 479 g/mol. The third-order valence-electron chi connectivity index (χ3n) is 4.97. The minimum absolute atomic E-state index is 0. The highest BCUT2D eigenvalue weighted by Gasteiger charge is 2.31. The Morgan fingerprint density at radius 3 is 1.94 bits per heavy atom. The molecule has 0 aliphatic heterocycles. The summed E-state index contributed by atoms with van der Waals surface area (Å²) in [5.41, 5.74) is 1.64. The smallest absolute Gasteiger partial charge is 0.408 e. The molecule has 0 bridgehead atoms. The van der Waals surface area contributed by atoms with E-state index < -0.39 is 36.3 Å². The van der Waals surface area contributed by atoms with Crippen molar-refractivity contribution < 1.29 is 33.4 Å². The summed E-state index contributed by atoms with van der Waals surface area (Å²) in [6, 6.07) is 15.7. The summed E-state index contributed by atoms with van der Waals surface area (Å²) in [6.07, 6.45) is -3.41. The van der Waals surface area contributed by atoms with Gasteiger partial charge >= 0.3 is 6.09 Å². The van der Waals surface area contributed by atoms with Gasteiger partial charge in [-0.25, -0.2) is 13.6 Å². The van der Waals surface area contributed by atoms with E-state index in [1.54, 1.807) is 24.3 Å². The van der Waals surface area contributed by atoms with Gasteiger partial charge in [0.15, 0.2) is 0 Å². The van der Waals surface area contributed by atoms with E-state index in [1.165, 1.54) is 0 Å². The summed E-state index contributed by atoms with van der Waals surface area (Å²) in [4.78, 5) is 37.2. The molecule has 4 N–H and O–H groups in total. The highest BCUT2D eigenvalue weighted by Crippen LogP contribution is 2.12. The van der Waals surface area contributed by atoms with Gasteiger partial charge in [-0.2, -0.15) is 0 Å². The number of nitrogens with one attached hydrogen (secondary N) is 2. The lowest BCUT2D eigenvalue weighted by atomic mass is 10.00. The maximum atomic E-state index is 13.1. The molecule has 2 aromatic rings. The number of alkyl carbamates (subject to hydrolysis) is 1. The first-order valence-corrected chi connectivity index (χ1v) is 10.9. The molecule has 0 radical (unpaired) electrons. The van der Waals surface area contributed by atoms with E-state index in [4.69, 9.17) is 4.74 Å². The predicted octanol–water partition coefficient (Wildman–Crippen LogP) is 3.45. The van der Waals surface area contributed by atoms with E-state index >= 15 is 0 Å². The van der Waals surface area contributed by atoms with Gasteiger partial charge in [0, 0.05) is 0 Å². The number of rotatable bonds is 12. The van der Waals surface area contributed by atoms with E-state index in [0.717, 1.165) is 11.1 Å². The van der Waals surface area contributed by atoms with Gasteiger partial charge < -0.3 is 20.8 Å². The van der Waals surface area contributed by atoms with E-state index in [2.05, 4.69) is 10.6 Å². The molecule has 7 nitrogen and oxygen atoms in total. The minimum Gasteiger partial charge on any atom is -0.445 e. The van der Waals surface area contributed by atoms with Crippen LogP contribution in [0.1, 0.15) is 37.8 Å². The van der Waals surface area contributed by atoms with Gasteiger partial charge in [0.05, 0.1) is 6.04 Å². The van der Waals surface area contributed by atoms with Crippen LogP contribution < -0.4 is 10.6 Å². The number of alkyl halides is 2. The van der Waals surface area contributed by atoms with Gasteiger partial charge in [0.25, 0.3) is 6.43 Å². The van der Waals surface area contributed by atoms with Crippen molar-refractivity contribution in [3.63, 3.8) is 0 Å². The first-order chi connectivity index (χ1) is 15.8. The molecule has 0 aliphatic carbocycles. The number of ketones is 1. The van der Waals surface area contributed by atoms with Crippen LogP contribution in [-0.4, -0.2) is 41.8 Å². The van der Waals surface area contributed by atoms with Gasteiger partial charge in [0.1, 0.15) is 12.6 Å². The number of benzene rings is 2. The zero-order valence-corrected chi connectivity index (χ0v) is 19.3. The molecule has 34 heavy (non-hydrogen) atoms. The molecule has 0 aliphatic rings. The molecular weight excluding hydrogens is 446 g/mol. The van der Waals surface area contributed by atoms with Crippen LogP contribution in [0.5, 0.6) is 0 Å². The summed E-state index contributed by atoms with van der Waals surface area (Å²) < 4.78 is 31.5. The number of carbonyl (C=O) groups excluding carboxylic acids is 3. The van der Waals surface area contributed by atoms with Crippen LogP contribution in [0.15, 0.2) is 60.7 Å². The van der Waals surface area contributed by atoms with E-state index in [9.17, 15) is 23.2 Å². The Balaban J connectivity index is 0.00000578. The molecule has 0 spiro atoms. The van der Waals surface area contributed by atoms with Crippen LogP contribution in [0.25, 0.3) is 0 Å². The Hall–Kier alpha value is -3.33. The first-order valence-electron chi connectivity index (χ1n) is 10.9. The maximum Gasteiger partial charge on any atom is 0.408 e. The normalized spacial score (nSPS) is 12.4. The molecule has 0 fully saturated rings. The average Bonchev–Trinajstić information content (AvgIpc) is 2.80. The molecule has 1 unspecified atom stereocenters. The quantitative estimate of drug-likeness (QED) is 0.486. The summed E-state index contributed by atoms with van der Waals surface area (Å²) >= 11 is 0. The lowest BCUT2D eigenvalue weighted by Crippen LogP contribution is -2.53. The molecule has 0 saturated carbocycles. The van der Waals surface area contributed by atoms with Gasteiger partial charge in [-0.3, -0.25) is 9.59 Å². The van der Waals surface area contributed by atoms with Crippen molar-refractivity contribution in [2.24, 2.45) is 5.92 Å². The second kappa shape index (κ2) is 14.7. The fourth-order valence-electron chi connectivity index (χ4n) is 3.28. The van der Waals surface area contributed by atoms with Crippen molar-refractivity contribution in [1.29, 1.82) is 0 Å². The van der Waals surface area contributed by atoms with Crippen LogP contribution in [0.3, 0.4) is 0 Å². The molecule has 2 amide bonds. The van der Waals surface area contributed by atoms with Crippen molar-refractivity contribution in [2.75, 3.05) is 0 Å². The third kappa shape index (κ3) is 10.1. The molecule has 0 aromatic heterocycles. The summed E-state index contributed by atoms with van der Waals surface area (Å²) in [7, 11) is 0. The number of ether oxygens (including phenoxy) is 1. The van der Waals surface area contributed by atoms with Gasteiger partial charge in [-0.1, -0.05) is 74.5 Å². The molecule has 2 aromatic carbocycles. The lowest BCUT2D eigenvalue weighted by Gasteiger charge is -2.23. The van der Waals surface area contributed by atoms with Gasteiger partial charge in [-0.15, -0.1) is 0 Å². The molecule has 2 rings (SSSR count). The number of hydrogen-bond acceptors (Lipinski definition) is 4. The van der Waals surface area contributed by atoms with Crippen molar-refractivity contribution >= 4 is 17.8 Å². The molecule has 0 saturated heterocycles. The fraction of sp³-hybridized carbons (Fsp3) is 0.400. The van der Waals surface area contributed by atoms with Crippen LogP contribution in [0.4, 0.5) is 13.6 Å². The standard InChI is InChI=1S/C25H30F2N2O4.H2O/c1-17(2)15-21(29-25(32)33-16-19-11-7-4-8-12-19)24(31)28-20(22(30)23(26)27)14-13-18-9-5-3-6-10-18;/h3-12,17,20-21,23H,13-16H2,1-2H3,(H,28,31)(H,29,32);1H2/t20?,21-;/m0./s1. The Morgan fingerprint density at radius 2 is 1.41 bits per heavy atom. The lowest BCUT2D eigenvalue weighted by molar-refractivity contribution is -0.135. The van der Waals surface area contributed by atoms with Crippen LogP contribution in [0, 0.1) is 5.92 Å². The summed E-state index contributed by atoms with van der Waals surface area (Å²) in [6.45, 7) is 3.73. The number of Topliss-reactive ketones (excluding diaryl/α,β-unsaturated/α-hetero) is 1. The predicted molar refractivity (Wildman–Crippen MR) is 124 cm³/mol. The zero-order chi connectivity index (χ0) is 24.2. The number of halogens is 2. The Labute approximate surface area is 198 Å². The van der Waals surface area contributed by atoms with E-state index in [1.807, 2.05) is 50.2 Å². The highest BCUT2D eigenvalue weighted by molar-refractivity contribution is 5.93. The minimum atomic E-state index is -3.21. The summed E-state index contributed by atoms with van der Waals surface area (Å²) in [5, 5.41) is 4.91. The molecule has 186 valence electrons. The van der Waals surface area contributed by atoms with Gasteiger partial charge in [-0.05, 0) is 36.3 Å². The van der Waals surface area contributed by atoms with E-state index in [-0.39, 0.29) is 30.8 Å². The van der Waals surface area contributed by atoms with Crippen molar-refractivity contribution in [3.8, 4) is 0 Å². The molecule has 9 heteroatoms. The monoisotopic (exact) mass is 478 g/mol. The Morgan fingerprint density at radius 1 is 0.853 bits per heavy atom. The summed E-state index contributed by atoms with van der Waals surface area (Å²) in [5.74, 6) is -2.04. The number of carbonyl (C=O) groups is 3. The highest BCUT2D eigenvalue weighted by atomic mass is 19.3. The van der Waals surface area contributed by atoms with Crippen LogP contribution >= 0.6 is 0 Å². The van der Waals surface area contributed by atoms with Gasteiger partial charge in [0.2, 0.25) is 11.7 Å². The van der Waals surface area contributed by atoms with Crippen LogP contribution in [-0.2, 0) is 27.4 Å². The first kappa shape index (κ1) is 28.7. The second-order valence-electron chi connectivity index (χ2n) is 8.18. The number of hydrogen-bond donors (Lipinski definition) is 2. The Kier molecular flexibility index (Phi) is 12.4. The van der Waals surface area contributed by atoms with Crippen molar-refractivity contribution in [2.45, 2.75) is 58.2 Å². The van der Waals surface area contributed by atoms with E-state index in [0.29, 0.717) is 6.42 Å². The molecule has 0 heterocycles. The third-order valence-corrected chi connectivity index (χ3v) is 4.97. The second-order valence-corrected chi connectivity index (χ2v) is 8.18. The van der Waals surface area contributed by atoms with Crippen LogP contribution in [0.2, 0.25) is 0 Å². The maximum absolute atomic E-state index is 13.1. The number of aryl methyl sites for hydroxylation is 1. The largest absolute Gasteiger partial charge is 0.445 e. The number of amides is 2. The zero-order valence-electron chi connectivity index (χ0n) is 19.3. The van der Waals surface area contributed by atoms with Crippen molar-refractivity contribution in [3.05, 3.63) is 71.8 Å². The van der Waals surface area contributed by atoms with Crippen molar-refractivity contribution in [1.82, 2.24) is 10.6 Å². The Bertz CT molecular complexity index is 895. The topological polar surface area (TPSA) is 116 Å². The SMILES string of the molecule is CC(C)C[C@H](NC(=O)OCc1ccccc1)C(=O)NC(CCc1ccccc1)C(=O)C(F)F.O. The molecular formula is C25H32F2N2O5.